The van der Waals surface area contributed by atoms with Gasteiger partial charge in [-0.15, -0.1) is 0 Å². The molecule has 0 saturated carbocycles. The van der Waals surface area contributed by atoms with Gasteiger partial charge in [-0.3, -0.25) is 4.90 Å². The Morgan fingerprint density at radius 2 is 2.05 bits per heavy atom. The molecule has 2 aliphatic heterocycles. The van der Waals surface area contributed by atoms with Gasteiger partial charge in [0.25, 0.3) is 0 Å². The molecule has 4 heteroatoms. The topological polar surface area (TPSA) is 38.8 Å². The van der Waals surface area contributed by atoms with E-state index in [9.17, 15) is 4.79 Å². The summed E-state index contributed by atoms with van der Waals surface area (Å²) in [6.07, 6.45) is 2.09. The SMILES string of the molecule is CC(C)(C)OC(=O)N1Cc2ccc(C3CCCOC3)cc2C1. The summed E-state index contributed by atoms with van der Waals surface area (Å²) in [6.45, 7) is 8.68. The first-order chi connectivity index (χ1) is 10.4. The third-order valence-corrected chi connectivity index (χ3v) is 4.24. The van der Waals surface area contributed by atoms with Crippen molar-refractivity contribution in [2.75, 3.05) is 13.2 Å². The molecule has 22 heavy (non-hydrogen) atoms. The Morgan fingerprint density at radius 1 is 1.27 bits per heavy atom. The Hall–Kier alpha value is -1.55. The molecule has 4 nitrogen and oxygen atoms in total. The largest absolute Gasteiger partial charge is 0.444 e. The molecule has 0 spiro atoms. The van der Waals surface area contributed by atoms with Crippen molar-refractivity contribution in [1.29, 1.82) is 0 Å². The van der Waals surface area contributed by atoms with E-state index in [0.717, 1.165) is 19.6 Å². The maximum atomic E-state index is 12.2. The highest BCUT2D eigenvalue weighted by atomic mass is 16.6. The molecule has 1 unspecified atom stereocenters. The minimum atomic E-state index is -0.448. The first-order valence-corrected chi connectivity index (χ1v) is 8.10. The van der Waals surface area contributed by atoms with Crippen molar-refractivity contribution < 1.29 is 14.3 Å². The Kier molecular flexibility index (Phi) is 4.13. The van der Waals surface area contributed by atoms with Gasteiger partial charge < -0.3 is 9.47 Å². The molecule has 1 atom stereocenters. The van der Waals surface area contributed by atoms with Crippen LogP contribution in [0, 0.1) is 0 Å². The molecule has 120 valence electrons. The second kappa shape index (κ2) is 5.92. The van der Waals surface area contributed by atoms with Crippen LogP contribution in [0.1, 0.15) is 56.2 Å². The predicted molar refractivity (Wildman–Crippen MR) is 84.7 cm³/mol. The monoisotopic (exact) mass is 303 g/mol. The van der Waals surface area contributed by atoms with Crippen LogP contribution in [0.4, 0.5) is 4.79 Å². The summed E-state index contributed by atoms with van der Waals surface area (Å²) in [5.41, 5.74) is 3.36. The van der Waals surface area contributed by atoms with Crippen molar-refractivity contribution in [3.8, 4) is 0 Å². The molecule has 0 radical (unpaired) electrons. The highest BCUT2D eigenvalue weighted by Gasteiger charge is 2.28. The van der Waals surface area contributed by atoms with E-state index >= 15 is 0 Å². The smallest absolute Gasteiger partial charge is 0.410 e. The fourth-order valence-corrected chi connectivity index (χ4v) is 3.13. The van der Waals surface area contributed by atoms with Gasteiger partial charge in [0, 0.05) is 25.6 Å². The van der Waals surface area contributed by atoms with Crippen LogP contribution < -0.4 is 0 Å². The first-order valence-electron chi connectivity index (χ1n) is 8.10. The van der Waals surface area contributed by atoms with Crippen molar-refractivity contribution >= 4 is 6.09 Å². The third kappa shape index (κ3) is 3.43. The zero-order valence-electron chi connectivity index (χ0n) is 13.7. The second-order valence-corrected chi connectivity index (χ2v) is 7.28. The van der Waals surface area contributed by atoms with E-state index in [4.69, 9.17) is 9.47 Å². The van der Waals surface area contributed by atoms with E-state index < -0.39 is 5.60 Å². The van der Waals surface area contributed by atoms with E-state index in [2.05, 4.69) is 18.2 Å². The van der Waals surface area contributed by atoms with Crippen LogP contribution in [-0.4, -0.2) is 29.8 Å². The van der Waals surface area contributed by atoms with Gasteiger partial charge in [0.15, 0.2) is 0 Å². The lowest BCUT2D eigenvalue weighted by Crippen LogP contribution is -2.33. The molecule has 0 N–H and O–H groups in total. The van der Waals surface area contributed by atoms with E-state index in [1.54, 1.807) is 4.90 Å². The van der Waals surface area contributed by atoms with Crippen LogP contribution in [0.15, 0.2) is 18.2 Å². The predicted octanol–water partition coefficient (Wildman–Crippen LogP) is 3.83. The van der Waals surface area contributed by atoms with Crippen molar-refractivity contribution in [2.45, 2.75) is 58.2 Å². The number of carbonyl (C=O) groups excluding carboxylic acids is 1. The van der Waals surface area contributed by atoms with Gasteiger partial charge in [-0.05, 0) is 50.3 Å². The van der Waals surface area contributed by atoms with Crippen LogP contribution >= 0.6 is 0 Å². The summed E-state index contributed by atoms with van der Waals surface area (Å²) in [6, 6.07) is 6.60. The van der Waals surface area contributed by atoms with Gasteiger partial charge in [-0.25, -0.2) is 4.79 Å². The number of benzene rings is 1. The molecular formula is C18H25NO3. The van der Waals surface area contributed by atoms with Gasteiger partial charge in [0.1, 0.15) is 5.60 Å². The molecule has 1 amide bonds. The van der Waals surface area contributed by atoms with Gasteiger partial charge >= 0.3 is 6.09 Å². The number of rotatable bonds is 1. The van der Waals surface area contributed by atoms with Crippen LogP contribution in [-0.2, 0) is 22.6 Å². The van der Waals surface area contributed by atoms with E-state index in [-0.39, 0.29) is 6.09 Å². The van der Waals surface area contributed by atoms with E-state index in [1.807, 2.05) is 20.8 Å². The van der Waals surface area contributed by atoms with Crippen molar-refractivity contribution in [2.24, 2.45) is 0 Å². The van der Waals surface area contributed by atoms with Crippen molar-refractivity contribution in [3.63, 3.8) is 0 Å². The fraction of sp³-hybridized carbons (Fsp3) is 0.611. The van der Waals surface area contributed by atoms with Crippen LogP contribution in [0.25, 0.3) is 0 Å². The second-order valence-electron chi connectivity index (χ2n) is 7.28. The maximum Gasteiger partial charge on any atom is 0.410 e. The summed E-state index contributed by atoms with van der Waals surface area (Å²) in [7, 11) is 0. The number of fused-ring (bicyclic) bond motifs is 1. The number of ether oxygens (including phenoxy) is 2. The summed E-state index contributed by atoms with van der Waals surface area (Å²) in [5, 5.41) is 0. The van der Waals surface area contributed by atoms with Crippen LogP contribution in [0.2, 0.25) is 0 Å². The highest BCUT2D eigenvalue weighted by molar-refractivity contribution is 5.69. The molecule has 2 heterocycles. The zero-order chi connectivity index (χ0) is 15.7. The van der Waals surface area contributed by atoms with Crippen LogP contribution in [0.5, 0.6) is 0 Å². The van der Waals surface area contributed by atoms with Crippen molar-refractivity contribution in [3.05, 3.63) is 34.9 Å². The van der Waals surface area contributed by atoms with Gasteiger partial charge in [-0.1, -0.05) is 18.2 Å². The summed E-state index contributed by atoms with van der Waals surface area (Å²) < 4.78 is 11.1. The standard InChI is InChI=1S/C18H25NO3/c1-18(2,3)22-17(20)19-10-14-7-6-13(9-16(14)11-19)15-5-4-8-21-12-15/h6-7,9,15H,4-5,8,10-12H2,1-3H3. The van der Waals surface area contributed by atoms with Crippen molar-refractivity contribution in [1.82, 2.24) is 4.90 Å². The molecule has 1 aromatic carbocycles. The van der Waals surface area contributed by atoms with Gasteiger partial charge in [0.2, 0.25) is 0 Å². The highest BCUT2D eigenvalue weighted by Crippen LogP contribution is 2.31. The minimum absolute atomic E-state index is 0.230. The quantitative estimate of drug-likeness (QED) is 0.791. The molecule has 0 aliphatic carbocycles. The average molecular weight is 303 g/mol. The number of hydrogen-bond acceptors (Lipinski definition) is 3. The van der Waals surface area contributed by atoms with E-state index in [0.29, 0.717) is 19.0 Å². The zero-order valence-corrected chi connectivity index (χ0v) is 13.7. The van der Waals surface area contributed by atoms with Gasteiger partial charge in [0.05, 0.1) is 6.61 Å². The third-order valence-electron chi connectivity index (χ3n) is 4.24. The molecular weight excluding hydrogens is 278 g/mol. The maximum absolute atomic E-state index is 12.2. The number of nitrogens with zero attached hydrogens (tertiary/aromatic N) is 1. The number of hydrogen-bond donors (Lipinski definition) is 0. The molecule has 0 bridgehead atoms. The first kappa shape index (κ1) is 15.3. The summed E-state index contributed by atoms with van der Waals surface area (Å²) in [5.74, 6) is 0.495. The lowest BCUT2D eigenvalue weighted by Gasteiger charge is -2.24. The molecule has 1 saturated heterocycles. The lowest BCUT2D eigenvalue weighted by molar-refractivity contribution is 0.0242. The number of carbonyl (C=O) groups is 1. The molecule has 3 rings (SSSR count). The fourth-order valence-electron chi connectivity index (χ4n) is 3.13. The Labute approximate surface area is 132 Å². The Bertz CT molecular complexity index is 556. The summed E-state index contributed by atoms with van der Waals surface area (Å²) >= 11 is 0. The molecule has 1 fully saturated rings. The average Bonchev–Trinajstić information content (AvgIpc) is 2.89. The minimum Gasteiger partial charge on any atom is -0.444 e. The Balaban J connectivity index is 1.69. The Morgan fingerprint density at radius 3 is 2.73 bits per heavy atom. The number of amides is 1. The molecule has 0 aromatic heterocycles. The lowest BCUT2D eigenvalue weighted by atomic mass is 9.91. The van der Waals surface area contributed by atoms with Gasteiger partial charge in [-0.2, -0.15) is 0 Å². The summed E-state index contributed by atoms with van der Waals surface area (Å²) in [4.78, 5) is 14.0. The van der Waals surface area contributed by atoms with Crippen LogP contribution in [0.3, 0.4) is 0 Å². The molecule has 1 aromatic rings. The van der Waals surface area contributed by atoms with E-state index in [1.165, 1.54) is 23.1 Å². The normalized spacial score (nSPS) is 21.6. The molecule has 2 aliphatic rings.